The number of hydrogen-bond acceptors (Lipinski definition) is 3. The van der Waals surface area contributed by atoms with E-state index in [1.54, 1.807) is 0 Å². The first-order valence-electron chi connectivity index (χ1n) is 8.47. The smallest absolute Gasteiger partial charge is 0.234 e. The molecule has 2 heterocycles. The number of nitrogens with one attached hydrogen (secondary N) is 2. The SMILES string of the molecule is CC1CCCCC1NC(=O)CN1CC2CCCNC2C1. The van der Waals surface area contributed by atoms with Gasteiger partial charge in [0.05, 0.1) is 6.54 Å². The summed E-state index contributed by atoms with van der Waals surface area (Å²) in [4.78, 5) is 14.6. The molecule has 2 aliphatic heterocycles. The molecule has 3 rings (SSSR count). The van der Waals surface area contributed by atoms with Gasteiger partial charge in [-0.1, -0.05) is 19.8 Å². The maximum absolute atomic E-state index is 12.2. The van der Waals surface area contributed by atoms with E-state index in [2.05, 4.69) is 22.5 Å². The lowest BCUT2D eigenvalue weighted by atomic mass is 9.86. The van der Waals surface area contributed by atoms with E-state index in [9.17, 15) is 4.79 Å². The van der Waals surface area contributed by atoms with Gasteiger partial charge in [0.15, 0.2) is 0 Å². The summed E-state index contributed by atoms with van der Waals surface area (Å²) in [6.45, 7) is 6.18. The quantitative estimate of drug-likeness (QED) is 0.820. The minimum atomic E-state index is 0.238. The fourth-order valence-corrected chi connectivity index (χ4v) is 4.25. The molecule has 0 spiro atoms. The molecule has 0 bridgehead atoms. The average Bonchev–Trinajstić information content (AvgIpc) is 2.83. The standard InChI is InChI=1S/C16H29N3O/c1-12-5-2-3-7-14(12)18-16(20)11-19-9-13-6-4-8-17-15(13)10-19/h12-15,17H,2-11H2,1H3,(H,18,20). The van der Waals surface area contributed by atoms with Crippen molar-refractivity contribution in [3.63, 3.8) is 0 Å². The van der Waals surface area contributed by atoms with Crippen LogP contribution in [0.2, 0.25) is 0 Å². The second-order valence-corrected chi connectivity index (χ2v) is 7.09. The van der Waals surface area contributed by atoms with E-state index < -0.39 is 0 Å². The summed E-state index contributed by atoms with van der Waals surface area (Å²) in [5.41, 5.74) is 0. The summed E-state index contributed by atoms with van der Waals surface area (Å²) in [7, 11) is 0. The molecule has 0 radical (unpaired) electrons. The van der Waals surface area contributed by atoms with Crippen LogP contribution in [-0.4, -0.2) is 49.1 Å². The van der Waals surface area contributed by atoms with E-state index in [1.165, 1.54) is 38.5 Å². The van der Waals surface area contributed by atoms with Crippen LogP contribution in [0.25, 0.3) is 0 Å². The van der Waals surface area contributed by atoms with Gasteiger partial charge in [-0.3, -0.25) is 9.69 Å². The molecule has 0 aromatic rings. The van der Waals surface area contributed by atoms with Crippen LogP contribution in [-0.2, 0) is 4.79 Å². The summed E-state index contributed by atoms with van der Waals surface area (Å²) < 4.78 is 0. The normalized spacial score (nSPS) is 38.5. The first-order valence-corrected chi connectivity index (χ1v) is 8.47. The maximum atomic E-state index is 12.2. The monoisotopic (exact) mass is 279 g/mol. The lowest BCUT2D eigenvalue weighted by Gasteiger charge is -2.30. The van der Waals surface area contributed by atoms with Crippen molar-refractivity contribution in [2.75, 3.05) is 26.2 Å². The highest BCUT2D eigenvalue weighted by Gasteiger charge is 2.35. The van der Waals surface area contributed by atoms with Crippen LogP contribution in [0, 0.1) is 11.8 Å². The summed E-state index contributed by atoms with van der Waals surface area (Å²) in [6, 6.07) is 1.05. The van der Waals surface area contributed by atoms with E-state index >= 15 is 0 Å². The number of hydrogen-bond donors (Lipinski definition) is 2. The number of carbonyl (C=O) groups excluding carboxylic acids is 1. The largest absolute Gasteiger partial charge is 0.352 e. The van der Waals surface area contributed by atoms with Gasteiger partial charge < -0.3 is 10.6 Å². The molecule has 4 nitrogen and oxygen atoms in total. The Balaban J connectivity index is 1.44. The Morgan fingerprint density at radius 1 is 1.20 bits per heavy atom. The molecular weight excluding hydrogens is 250 g/mol. The third kappa shape index (κ3) is 3.34. The highest BCUT2D eigenvalue weighted by atomic mass is 16.2. The second-order valence-electron chi connectivity index (χ2n) is 7.09. The Kier molecular flexibility index (Phi) is 4.61. The molecule has 0 aromatic carbocycles. The molecule has 0 aromatic heterocycles. The number of rotatable bonds is 3. The Labute approximate surface area is 122 Å². The summed E-state index contributed by atoms with van der Waals surface area (Å²) in [5, 5.41) is 6.88. The van der Waals surface area contributed by atoms with Crippen LogP contribution in [0.1, 0.15) is 45.4 Å². The van der Waals surface area contributed by atoms with Gasteiger partial charge in [-0.2, -0.15) is 0 Å². The van der Waals surface area contributed by atoms with E-state index in [4.69, 9.17) is 0 Å². The topological polar surface area (TPSA) is 44.4 Å². The third-order valence-electron chi connectivity index (χ3n) is 5.50. The van der Waals surface area contributed by atoms with Gasteiger partial charge in [0, 0.05) is 25.2 Å². The first-order chi connectivity index (χ1) is 9.72. The highest BCUT2D eigenvalue weighted by molar-refractivity contribution is 5.78. The molecule has 1 aliphatic carbocycles. The van der Waals surface area contributed by atoms with Crippen LogP contribution in [0.15, 0.2) is 0 Å². The van der Waals surface area contributed by atoms with Crippen molar-refractivity contribution in [2.24, 2.45) is 11.8 Å². The molecule has 3 aliphatic rings. The van der Waals surface area contributed by atoms with Crippen molar-refractivity contribution < 1.29 is 4.79 Å². The molecule has 4 unspecified atom stereocenters. The van der Waals surface area contributed by atoms with Gasteiger partial charge in [0.1, 0.15) is 0 Å². The van der Waals surface area contributed by atoms with Gasteiger partial charge in [0.25, 0.3) is 0 Å². The molecule has 1 saturated carbocycles. The zero-order valence-corrected chi connectivity index (χ0v) is 12.7. The van der Waals surface area contributed by atoms with Gasteiger partial charge in [-0.15, -0.1) is 0 Å². The van der Waals surface area contributed by atoms with E-state index in [1.807, 2.05) is 0 Å². The van der Waals surface area contributed by atoms with Crippen molar-refractivity contribution >= 4 is 5.91 Å². The van der Waals surface area contributed by atoms with E-state index in [0.717, 1.165) is 25.6 Å². The highest BCUT2D eigenvalue weighted by Crippen LogP contribution is 2.25. The van der Waals surface area contributed by atoms with Gasteiger partial charge >= 0.3 is 0 Å². The van der Waals surface area contributed by atoms with Crippen LogP contribution < -0.4 is 10.6 Å². The molecule has 4 atom stereocenters. The van der Waals surface area contributed by atoms with Crippen molar-refractivity contribution in [3.05, 3.63) is 0 Å². The van der Waals surface area contributed by atoms with Crippen LogP contribution >= 0.6 is 0 Å². The molecule has 1 amide bonds. The average molecular weight is 279 g/mol. The predicted octanol–water partition coefficient (Wildman–Crippen LogP) is 1.37. The first kappa shape index (κ1) is 14.3. The molecule has 20 heavy (non-hydrogen) atoms. The molecule has 2 saturated heterocycles. The fraction of sp³-hybridized carbons (Fsp3) is 0.938. The number of likely N-dealkylation sites (tertiary alicyclic amines) is 1. The fourth-order valence-electron chi connectivity index (χ4n) is 4.25. The zero-order chi connectivity index (χ0) is 13.9. The van der Waals surface area contributed by atoms with E-state index in [-0.39, 0.29) is 5.91 Å². The molecule has 2 N–H and O–H groups in total. The van der Waals surface area contributed by atoms with Crippen molar-refractivity contribution in [3.8, 4) is 0 Å². The summed E-state index contributed by atoms with van der Waals surface area (Å²) in [6.07, 6.45) is 7.65. The van der Waals surface area contributed by atoms with Gasteiger partial charge in [-0.05, 0) is 44.1 Å². The molecule has 114 valence electrons. The zero-order valence-electron chi connectivity index (χ0n) is 12.7. The van der Waals surface area contributed by atoms with Crippen LogP contribution in [0.3, 0.4) is 0 Å². The Bertz CT molecular complexity index is 333. The van der Waals surface area contributed by atoms with Crippen LogP contribution in [0.4, 0.5) is 0 Å². The minimum absolute atomic E-state index is 0.238. The molecular formula is C16H29N3O. The Morgan fingerprint density at radius 2 is 2.05 bits per heavy atom. The summed E-state index contributed by atoms with van der Waals surface area (Å²) in [5.74, 6) is 1.66. The van der Waals surface area contributed by atoms with Gasteiger partial charge in [0.2, 0.25) is 5.91 Å². The summed E-state index contributed by atoms with van der Waals surface area (Å²) >= 11 is 0. The minimum Gasteiger partial charge on any atom is -0.352 e. The van der Waals surface area contributed by atoms with Crippen LogP contribution in [0.5, 0.6) is 0 Å². The maximum Gasteiger partial charge on any atom is 0.234 e. The number of nitrogens with zero attached hydrogens (tertiary/aromatic N) is 1. The van der Waals surface area contributed by atoms with Crippen molar-refractivity contribution in [1.29, 1.82) is 0 Å². The number of piperidine rings is 1. The lowest BCUT2D eigenvalue weighted by molar-refractivity contribution is -0.123. The van der Waals surface area contributed by atoms with Crippen molar-refractivity contribution in [2.45, 2.75) is 57.5 Å². The Hall–Kier alpha value is -0.610. The predicted molar refractivity (Wildman–Crippen MR) is 80.5 cm³/mol. The lowest BCUT2D eigenvalue weighted by Crippen LogP contribution is -2.45. The number of amides is 1. The van der Waals surface area contributed by atoms with Gasteiger partial charge in [-0.25, -0.2) is 0 Å². The number of carbonyl (C=O) groups is 1. The molecule has 4 heteroatoms. The second kappa shape index (κ2) is 6.44. The Morgan fingerprint density at radius 3 is 2.85 bits per heavy atom. The number of fused-ring (bicyclic) bond motifs is 1. The molecule has 3 fully saturated rings. The third-order valence-corrected chi connectivity index (χ3v) is 5.50. The van der Waals surface area contributed by atoms with Crippen molar-refractivity contribution in [1.82, 2.24) is 15.5 Å². The van der Waals surface area contributed by atoms with E-state index in [0.29, 0.717) is 24.5 Å².